The molecule has 4 aromatic rings. The summed E-state index contributed by atoms with van der Waals surface area (Å²) in [5.74, 6) is -0.546. The van der Waals surface area contributed by atoms with Crippen LogP contribution in [0.3, 0.4) is 0 Å². The first kappa shape index (κ1) is 24.5. The van der Waals surface area contributed by atoms with Gasteiger partial charge in [0, 0.05) is 32.7 Å². The molecule has 5 rings (SSSR count). The van der Waals surface area contributed by atoms with Gasteiger partial charge in [0.2, 0.25) is 5.52 Å². The molecule has 3 heterocycles. The Morgan fingerprint density at radius 3 is 2.19 bits per heavy atom. The van der Waals surface area contributed by atoms with Crippen molar-refractivity contribution in [2.24, 2.45) is 7.05 Å². The molecule has 1 saturated heterocycles. The van der Waals surface area contributed by atoms with Crippen molar-refractivity contribution in [2.45, 2.75) is 12.1 Å². The fraction of sp³-hybridized carbons (Fsp3) is 0.250. The van der Waals surface area contributed by atoms with Crippen LogP contribution in [0.2, 0.25) is 0 Å². The monoisotopic (exact) mass is 503 g/mol. The lowest BCUT2D eigenvalue weighted by Crippen LogP contribution is -2.55. The van der Waals surface area contributed by atoms with Crippen LogP contribution in [0.15, 0.2) is 71.5 Å². The quantitative estimate of drug-likeness (QED) is 0.359. The lowest BCUT2D eigenvalue weighted by Gasteiger charge is -2.45. The maximum atomic E-state index is 14.6. The van der Waals surface area contributed by atoms with E-state index in [1.165, 1.54) is 34.9 Å². The van der Waals surface area contributed by atoms with Gasteiger partial charge in [-0.05, 0) is 47.5 Å². The predicted molar refractivity (Wildman–Crippen MR) is 137 cm³/mol. The highest BCUT2D eigenvalue weighted by molar-refractivity contribution is 5.89. The average Bonchev–Trinajstić information content (AvgIpc) is 2.92. The summed E-state index contributed by atoms with van der Waals surface area (Å²) in [4.78, 5) is 24.5. The average molecular weight is 504 g/mol. The van der Waals surface area contributed by atoms with Gasteiger partial charge in [0.05, 0.1) is 23.3 Å². The minimum absolute atomic E-state index is 0.209. The maximum absolute atomic E-state index is 14.6. The van der Waals surface area contributed by atoms with Gasteiger partial charge < -0.3 is 14.3 Å². The zero-order valence-electron chi connectivity index (χ0n) is 20.1. The molecule has 6 nitrogen and oxygen atoms in total. The summed E-state index contributed by atoms with van der Waals surface area (Å²) in [6, 6.07) is 15.8. The topological polar surface area (TPSA) is 45.7 Å². The first-order valence-corrected chi connectivity index (χ1v) is 11.9. The lowest BCUT2D eigenvalue weighted by molar-refractivity contribution is 0.116. The molecule has 0 radical (unpaired) electrons. The molecule has 1 unspecified atom stereocenters. The molecule has 0 bridgehead atoms. The van der Waals surface area contributed by atoms with Crippen molar-refractivity contribution in [1.29, 1.82) is 0 Å². The molecule has 188 valence electrons. The van der Waals surface area contributed by atoms with Gasteiger partial charge in [-0.3, -0.25) is 9.69 Å². The molecule has 1 aliphatic heterocycles. The highest BCUT2D eigenvalue weighted by Gasteiger charge is 2.35. The van der Waals surface area contributed by atoms with E-state index in [4.69, 9.17) is 6.57 Å². The summed E-state index contributed by atoms with van der Waals surface area (Å²) >= 11 is 0. The number of halogens is 3. The predicted octanol–water partition coefficient (Wildman–Crippen LogP) is 5.01. The Morgan fingerprint density at radius 2 is 1.62 bits per heavy atom. The van der Waals surface area contributed by atoms with Gasteiger partial charge in [-0.15, -0.1) is 4.98 Å². The van der Waals surface area contributed by atoms with Crippen LogP contribution >= 0.6 is 0 Å². The molecular weight excluding hydrogens is 479 g/mol. The van der Waals surface area contributed by atoms with Crippen molar-refractivity contribution in [2.75, 3.05) is 31.2 Å². The second kappa shape index (κ2) is 10.1. The van der Waals surface area contributed by atoms with Crippen LogP contribution in [0.25, 0.3) is 15.9 Å². The highest BCUT2D eigenvalue weighted by atomic mass is 19.1. The van der Waals surface area contributed by atoms with Gasteiger partial charge in [-0.1, -0.05) is 30.8 Å². The molecule has 0 saturated carbocycles. The Balaban J connectivity index is 1.54. The number of nitrogens with zero attached hydrogens (tertiary/aromatic N) is 5. The first-order chi connectivity index (χ1) is 17.9. The summed E-state index contributed by atoms with van der Waals surface area (Å²) in [7, 11) is 1.64. The van der Waals surface area contributed by atoms with Crippen LogP contribution in [0.4, 0.5) is 24.7 Å². The number of rotatable bonds is 5. The van der Waals surface area contributed by atoms with E-state index in [9.17, 15) is 18.0 Å². The van der Waals surface area contributed by atoms with E-state index in [0.717, 1.165) is 11.1 Å². The Bertz CT molecular complexity index is 1480. The van der Waals surface area contributed by atoms with Crippen molar-refractivity contribution in [3.8, 4) is 0 Å². The van der Waals surface area contributed by atoms with Crippen LogP contribution in [0, 0.1) is 18.2 Å². The molecule has 1 atom stereocenters. The van der Waals surface area contributed by atoms with Gasteiger partial charge in [0.25, 0.3) is 11.4 Å². The second-order valence-corrected chi connectivity index (χ2v) is 9.07. The van der Waals surface area contributed by atoms with E-state index in [1.807, 2.05) is 9.80 Å². The van der Waals surface area contributed by atoms with E-state index >= 15 is 0 Å². The molecular formula is C28H24F3N5O. The van der Waals surface area contributed by atoms with Gasteiger partial charge in [0.15, 0.2) is 0 Å². The maximum Gasteiger partial charge on any atom is 0.270 e. The first-order valence-electron chi connectivity index (χ1n) is 11.9. The van der Waals surface area contributed by atoms with Crippen LogP contribution in [-0.4, -0.2) is 46.8 Å². The van der Waals surface area contributed by atoms with Crippen molar-refractivity contribution >= 4 is 22.5 Å². The van der Waals surface area contributed by atoms with E-state index in [-0.39, 0.29) is 29.6 Å². The van der Waals surface area contributed by atoms with E-state index < -0.39 is 18.8 Å². The lowest BCUT2D eigenvalue weighted by atomic mass is 9.94. The minimum atomic E-state index is -0.668. The summed E-state index contributed by atoms with van der Waals surface area (Å²) in [5, 5.41) is 0. The van der Waals surface area contributed by atoms with Crippen LogP contribution in [0.1, 0.15) is 17.2 Å². The fourth-order valence-electron chi connectivity index (χ4n) is 5.04. The van der Waals surface area contributed by atoms with Gasteiger partial charge in [-0.25, -0.2) is 13.2 Å². The number of benzene rings is 2. The second-order valence-electron chi connectivity index (χ2n) is 9.07. The number of hydrogen-bond donors (Lipinski definition) is 0. The third-order valence-electron chi connectivity index (χ3n) is 6.92. The number of fused-ring (bicyclic) bond motifs is 1. The summed E-state index contributed by atoms with van der Waals surface area (Å²) in [6.07, 6.45) is 0. The van der Waals surface area contributed by atoms with Crippen molar-refractivity contribution in [1.82, 2.24) is 14.5 Å². The number of piperazine rings is 1. The van der Waals surface area contributed by atoms with Gasteiger partial charge in [0.1, 0.15) is 18.3 Å². The van der Waals surface area contributed by atoms with E-state index in [1.54, 1.807) is 43.4 Å². The molecule has 0 amide bonds. The Hall–Kier alpha value is -4.16. The van der Waals surface area contributed by atoms with Crippen LogP contribution in [-0.2, 0) is 7.05 Å². The fourth-order valence-corrected chi connectivity index (χ4v) is 5.04. The Labute approximate surface area is 212 Å². The highest BCUT2D eigenvalue weighted by Crippen LogP contribution is 2.35. The molecule has 0 aliphatic carbocycles. The summed E-state index contributed by atoms with van der Waals surface area (Å²) in [5.41, 5.74) is 2.96. The summed E-state index contributed by atoms with van der Waals surface area (Å²) < 4.78 is 43.5. The number of anilines is 1. The molecule has 37 heavy (non-hydrogen) atoms. The smallest absolute Gasteiger partial charge is 0.270 e. The molecule has 0 spiro atoms. The molecule has 0 N–H and O–H groups in total. The minimum Gasteiger partial charge on any atom is -0.365 e. The van der Waals surface area contributed by atoms with E-state index in [0.29, 0.717) is 29.8 Å². The summed E-state index contributed by atoms with van der Waals surface area (Å²) in [6.45, 7) is 7.81. The van der Waals surface area contributed by atoms with Crippen molar-refractivity contribution < 1.29 is 13.2 Å². The molecule has 9 heteroatoms. The standard InChI is InChI=1S/C28H24F3N5O/c1-32-25-12-11-23-27(33-25)24(15-26(37)34(23)2)35-13-14-36(22(16-29)17-35)28(18-3-7-20(30)8-4-18)19-5-9-21(31)10-6-19/h3-12,15,22,28H,13-14,16-17H2,2H3. The largest absolute Gasteiger partial charge is 0.365 e. The van der Waals surface area contributed by atoms with Gasteiger partial charge >= 0.3 is 0 Å². The number of alkyl halides is 1. The number of aryl methyl sites for hydroxylation is 1. The third-order valence-corrected chi connectivity index (χ3v) is 6.92. The molecule has 2 aromatic carbocycles. The SMILES string of the molecule is [C-]#[N+]c1ccc2c(n1)c(N1CCN(C(c3ccc(F)cc3)c3ccc(F)cc3)C(CF)C1)cc(=O)n2C. The van der Waals surface area contributed by atoms with Crippen LogP contribution < -0.4 is 10.5 Å². The number of hydrogen-bond acceptors (Lipinski definition) is 4. The molecule has 1 aliphatic rings. The van der Waals surface area contributed by atoms with Crippen molar-refractivity contribution in [3.05, 3.63) is 111 Å². The number of aromatic nitrogens is 2. The zero-order valence-corrected chi connectivity index (χ0v) is 20.1. The normalized spacial score (nSPS) is 16.3. The van der Waals surface area contributed by atoms with E-state index in [2.05, 4.69) is 9.83 Å². The molecule has 1 fully saturated rings. The zero-order chi connectivity index (χ0) is 26.1. The van der Waals surface area contributed by atoms with Gasteiger partial charge in [-0.2, -0.15) is 0 Å². The third kappa shape index (κ3) is 4.68. The van der Waals surface area contributed by atoms with Crippen LogP contribution in [0.5, 0.6) is 0 Å². The Morgan fingerprint density at radius 1 is 1.00 bits per heavy atom. The Kier molecular flexibility index (Phi) is 6.68. The van der Waals surface area contributed by atoms with Crippen molar-refractivity contribution in [3.63, 3.8) is 0 Å². The molecule has 2 aromatic heterocycles. The number of pyridine rings is 2.